The molecule has 0 aliphatic heterocycles. The van der Waals surface area contributed by atoms with Crippen molar-refractivity contribution in [3.05, 3.63) is 23.8 Å². The number of nitrogens with zero attached hydrogens (tertiary/aromatic N) is 1. The lowest BCUT2D eigenvalue weighted by Crippen LogP contribution is -2.07. The third-order valence-corrected chi connectivity index (χ3v) is 1.25. The Morgan fingerprint density at radius 2 is 2.14 bits per heavy atom. The van der Waals surface area contributed by atoms with Crippen LogP contribution >= 0.6 is 0 Å². The van der Waals surface area contributed by atoms with Crippen molar-refractivity contribution < 1.29 is 27.8 Å². The number of aromatic nitrogens is 1. The molecule has 0 aliphatic carbocycles. The van der Waals surface area contributed by atoms with Gasteiger partial charge in [0.05, 0.1) is 0 Å². The van der Waals surface area contributed by atoms with E-state index in [1.807, 2.05) is 0 Å². The van der Waals surface area contributed by atoms with Crippen LogP contribution in [-0.4, -0.2) is 22.7 Å². The quantitative estimate of drug-likeness (QED) is 0.763. The molecule has 0 unspecified atom stereocenters. The van der Waals surface area contributed by atoms with Crippen molar-refractivity contribution in [3.63, 3.8) is 0 Å². The molecule has 0 saturated heterocycles. The average molecular weight is 207 g/mol. The fourth-order valence-corrected chi connectivity index (χ4v) is 0.724. The molecule has 1 heterocycles. The molecule has 0 bridgehead atoms. The van der Waals surface area contributed by atoms with E-state index in [1.54, 1.807) is 0 Å². The number of carboxylic acids is 1. The summed E-state index contributed by atoms with van der Waals surface area (Å²) in [6, 6.07) is 1.64. The molecule has 14 heavy (non-hydrogen) atoms. The lowest BCUT2D eigenvalue weighted by Gasteiger charge is -2.04. The maximum Gasteiger partial charge on any atom is 0.387 e. The van der Waals surface area contributed by atoms with Gasteiger partial charge in [-0.15, -0.1) is 0 Å². The predicted octanol–water partition coefficient (Wildman–Crippen LogP) is 1.52. The average Bonchev–Trinajstić information content (AvgIpc) is 2.07. The minimum absolute atomic E-state index is 0.580. The number of pyridine rings is 1. The second kappa shape index (κ2) is 3.95. The van der Waals surface area contributed by atoms with Gasteiger partial charge in [-0.1, -0.05) is 0 Å². The molecule has 0 aliphatic rings. The first-order valence-corrected chi connectivity index (χ1v) is 3.35. The van der Waals surface area contributed by atoms with Crippen molar-refractivity contribution in [2.24, 2.45) is 0 Å². The molecular weight excluding hydrogens is 203 g/mol. The molecule has 76 valence electrons. The van der Waals surface area contributed by atoms with Gasteiger partial charge in [0.2, 0.25) is 0 Å². The molecule has 0 fully saturated rings. The minimum atomic E-state index is -3.18. The second-order valence-electron chi connectivity index (χ2n) is 2.17. The fourth-order valence-electron chi connectivity index (χ4n) is 0.724. The van der Waals surface area contributed by atoms with Crippen LogP contribution in [0.2, 0.25) is 0 Å². The fraction of sp³-hybridized carbons (Fsp3) is 0.143. The topological polar surface area (TPSA) is 59.4 Å². The van der Waals surface area contributed by atoms with Gasteiger partial charge in [0, 0.05) is 0 Å². The Morgan fingerprint density at radius 1 is 1.50 bits per heavy atom. The van der Waals surface area contributed by atoms with Crippen LogP contribution in [0.15, 0.2) is 12.1 Å². The van der Waals surface area contributed by atoms with Gasteiger partial charge in [-0.3, -0.25) is 0 Å². The lowest BCUT2D eigenvalue weighted by molar-refractivity contribution is -0.0526. The van der Waals surface area contributed by atoms with Crippen molar-refractivity contribution in [1.82, 2.24) is 4.98 Å². The van der Waals surface area contributed by atoms with Gasteiger partial charge in [0.1, 0.15) is 0 Å². The zero-order chi connectivity index (χ0) is 10.7. The maximum absolute atomic E-state index is 12.7. The third kappa shape index (κ3) is 2.35. The Kier molecular flexibility index (Phi) is 2.90. The van der Waals surface area contributed by atoms with Gasteiger partial charge in [0.15, 0.2) is 11.4 Å². The largest absolute Gasteiger partial charge is 0.477 e. The highest BCUT2D eigenvalue weighted by molar-refractivity contribution is 5.85. The Balaban J connectivity index is 2.95. The number of carbonyl (C=O) groups is 1. The summed E-state index contributed by atoms with van der Waals surface area (Å²) in [5.74, 6) is -3.62. The number of hydrogen-bond donors (Lipinski definition) is 1. The molecule has 0 aromatic carbocycles. The van der Waals surface area contributed by atoms with E-state index in [0.29, 0.717) is 0 Å². The Bertz CT molecular complexity index is 356. The first-order valence-electron chi connectivity index (χ1n) is 3.35. The van der Waals surface area contributed by atoms with Crippen LogP contribution in [0.4, 0.5) is 13.2 Å². The highest BCUT2D eigenvalue weighted by Gasteiger charge is 2.13. The summed E-state index contributed by atoms with van der Waals surface area (Å²) >= 11 is 0. The van der Waals surface area contributed by atoms with Crippen molar-refractivity contribution in [2.75, 3.05) is 0 Å². The molecule has 0 amide bonds. The van der Waals surface area contributed by atoms with Gasteiger partial charge in [-0.2, -0.15) is 13.2 Å². The van der Waals surface area contributed by atoms with Gasteiger partial charge in [-0.25, -0.2) is 9.78 Å². The minimum Gasteiger partial charge on any atom is -0.477 e. The molecule has 0 saturated carbocycles. The number of alkyl halides is 2. The maximum atomic E-state index is 12.7. The van der Waals surface area contributed by atoms with E-state index in [1.165, 1.54) is 0 Å². The first-order chi connectivity index (χ1) is 6.50. The number of aromatic carboxylic acids is 1. The van der Waals surface area contributed by atoms with E-state index < -0.39 is 30.0 Å². The highest BCUT2D eigenvalue weighted by Crippen LogP contribution is 2.17. The van der Waals surface area contributed by atoms with E-state index in [-0.39, 0.29) is 0 Å². The number of carboxylic acid groups (broad SMARTS) is 1. The van der Waals surface area contributed by atoms with Gasteiger partial charge < -0.3 is 9.84 Å². The monoisotopic (exact) mass is 207 g/mol. The van der Waals surface area contributed by atoms with Crippen molar-refractivity contribution in [3.8, 4) is 5.75 Å². The van der Waals surface area contributed by atoms with Crippen molar-refractivity contribution in [1.29, 1.82) is 0 Å². The van der Waals surface area contributed by atoms with E-state index in [9.17, 15) is 18.0 Å². The molecule has 4 nitrogen and oxygen atoms in total. The number of ether oxygens (including phenoxy) is 1. The molecule has 0 radical (unpaired) electrons. The smallest absolute Gasteiger partial charge is 0.387 e. The van der Waals surface area contributed by atoms with Crippen LogP contribution in [0.25, 0.3) is 0 Å². The number of rotatable bonds is 3. The van der Waals surface area contributed by atoms with E-state index in [0.717, 1.165) is 12.1 Å². The third-order valence-electron chi connectivity index (χ3n) is 1.25. The highest BCUT2D eigenvalue weighted by atomic mass is 19.3. The molecule has 0 spiro atoms. The Hall–Kier alpha value is -1.79. The van der Waals surface area contributed by atoms with Gasteiger partial charge in [0.25, 0.3) is 5.95 Å². The van der Waals surface area contributed by atoms with Gasteiger partial charge >= 0.3 is 12.6 Å². The standard InChI is InChI=1S/C7H4F3NO3/c8-5-4(14-7(9)10)2-1-3(11-5)6(12)13/h1-2,7H,(H,12,13). The normalized spacial score (nSPS) is 10.3. The van der Waals surface area contributed by atoms with Crippen LogP contribution in [0.5, 0.6) is 5.75 Å². The van der Waals surface area contributed by atoms with Crippen LogP contribution in [-0.2, 0) is 0 Å². The van der Waals surface area contributed by atoms with E-state index >= 15 is 0 Å². The van der Waals surface area contributed by atoms with E-state index in [2.05, 4.69) is 9.72 Å². The van der Waals surface area contributed by atoms with Crippen LogP contribution < -0.4 is 4.74 Å². The summed E-state index contributed by atoms with van der Waals surface area (Å²) in [5, 5.41) is 8.36. The summed E-state index contributed by atoms with van der Waals surface area (Å²) in [5.41, 5.74) is -0.580. The molecular formula is C7H4F3NO3. The summed E-state index contributed by atoms with van der Waals surface area (Å²) in [7, 11) is 0. The zero-order valence-corrected chi connectivity index (χ0v) is 6.58. The molecule has 1 rings (SSSR count). The summed E-state index contributed by atoms with van der Waals surface area (Å²) in [6.07, 6.45) is 0. The summed E-state index contributed by atoms with van der Waals surface area (Å²) < 4.78 is 39.7. The second-order valence-corrected chi connectivity index (χ2v) is 2.17. The molecule has 1 aromatic rings. The van der Waals surface area contributed by atoms with E-state index in [4.69, 9.17) is 5.11 Å². The first kappa shape index (κ1) is 10.3. The van der Waals surface area contributed by atoms with Crippen LogP contribution in [0.1, 0.15) is 10.5 Å². The SMILES string of the molecule is O=C(O)c1ccc(OC(F)F)c(F)n1. The van der Waals surface area contributed by atoms with Crippen molar-refractivity contribution in [2.45, 2.75) is 6.61 Å². The molecule has 0 atom stereocenters. The van der Waals surface area contributed by atoms with Crippen LogP contribution in [0, 0.1) is 5.95 Å². The number of halogens is 3. The van der Waals surface area contributed by atoms with Gasteiger partial charge in [-0.05, 0) is 12.1 Å². The van der Waals surface area contributed by atoms with Crippen LogP contribution in [0.3, 0.4) is 0 Å². The summed E-state index contributed by atoms with van der Waals surface area (Å²) in [4.78, 5) is 13.2. The Labute approximate surface area is 75.9 Å². The molecule has 1 aromatic heterocycles. The molecule has 7 heteroatoms. The molecule has 1 N–H and O–H groups in total. The predicted molar refractivity (Wildman–Crippen MR) is 37.8 cm³/mol. The van der Waals surface area contributed by atoms with Crippen molar-refractivity contribution >= 4 is 5.97 Å². The lowest BCUT2D eigenvalue weighted by atomic mass is 10.3. The Morgan fingerprint density at radius 3 is 2.57 bits per heavy atom. The zero-order valence-electron chi connectivity index (χ0n) is 6.58. The summed E-state index contributed by atoms with van der Waals surface area (Å²) in [6.45, 7) is -3.18. The number of hydrogen-bond acceptors (Lipinski definition) is 3.